The zero-order chi connectivity index (χ0) is 17.4. The van der Waals surface area contributed by atoms with Gasteiger partial charge in [-0.3, -0.25) is 19.7 Å². The SMILES string of the molecule is Cc1cc(=O)n2c(cc(C(=O)Nc3ccn[nH]3)n2-c2cccnc2)n1. The number of aromatic nitrogens is 6. The Hall–Kier alpha value is -3.75. The van der Waals surface area contributed by atoms with E-state index >= 15 is 0 Å². The molecule has 4 aromatic heterocycles. The Morgan fingerprint density at radius 1 is 1.24 bits per heavy atom. The van der Waals surface area contributed by atoms with Crippen LogP contribution in [0.2, 0.25) is 0 Å². The molecule has 4 rings (SSSR count). The Labute approximate surface area is 141 Å². The van der Waals surface area contributed by atoms with E-state index in [2.05, 4.69) is 25.5 Å². The highest BCUT2D eigenvalue weighted by Gasteiger charge is 2.19. The number of pyridine rings is 1. The molecule has 0 aliphatic heterocycles. The Morgan fingerprint density at radius 2 is 2.12 bits per heavy atom. The van der Waals surface area contributed by atoms with Crippen molar-refractivity contribution in [3.8, 4) is 5.69 Å². The summed E-state index contributed by atoms with van der Waals surface area (Å²) in [5.74, 6) is 0.0418. The highest BCUT2D eigenvalue weighted by molar-refractivity contribution is 6.03. The third-order valence-electron chi connectivity index (χ3n) is 3.62. The molecule has 0 fully saturated rings. The number of aromatic amines is 1. The van der Waals surface area contributed by atoms with Gasteiger partial charge in [0.25, 0.3) is 11.5 Å². The number of nitrogens with zero attached hydrogens (tertiary/aromatic N) is 5. The first kappa shape index (κ1) is 14.8. The summed E-state index contributed by atoms with van der Waals surface area (Å²) < 4.78 is 2.83. The van der Waals surface area contributed by atoms with Crippen LogP contribution in [-0.4, -0.2) is 35.3 Å². The Kier molecular flexibility index (Phi) is 3.38. The maximum Gasteiger partial charge on any atom is 0.275 e. The van der Waals surface area contributed by atoms with Gasteiger partial charge in [-0.2, -0.15) is 9.61 Å². The van der Waals surface area contributed by atoms with Gasteiger partial charge in [-0.25, -0.2) is 9.67 Å². The number of aryl methyl sites for hydroxylation is 1. The van der Waals surface area contributed by atoms with E-state index in [1.165, 1.54) is 21.5 Å². The lowest BCUT2D eigenvalue weighted by Crippen LogP contribution is -2.24. The van der Waals surface area contributed by atoms with Gasteiger partial charge in [-0.1, -0.05) is 0 Å². The van der Waals surface area contributed by atoms with Gasteiger partial charge in [0.2, 0.25) is 0 Å². The van der Waals surface area contributed by atoms with Crippen LogP contribution in [0.4, 0.5) is 5.82 Å². The fraction of sp³-hybridized carbons (Fsp3) is 0.0625. The molecule has 9 heteroatoms. The van der Waals surface area contributed by atoms with Crippen LogP contribution < -0.4 is 10.9 Å². The van der Waals surface area contributed by atoms with Gasteiger partial charge in [-0.15, -0.1) is 0 Å². The maximum atomic E-state index is 12.7. The first-order chi connectivity index (χ1) is 12.1. The van der Waals surface area contributed by atoms with Gasteiger partial charge in [0, 0.05) is 30.1 Å². The average molecular weight is 335 g/mol. The molecule has 4 aromatic rings. The van der Waals surface area contributed by atoms with Crippen LogP contribution in [0.5, 0.6) is 0 Å². The standard InChI is InChI=1S/C16H13N7O2/c1-10-7-15(24)23-14(19-10)8-12(16(25)20-13-4-6-18-21-13)22(23)11-3-2-5-17-9-11/h2-9H,1H3,(H2,18,20,21,25). The molecule has 0 saturated heterocycles. The Bertz CT molecular complexity index is 1110. The molecule has 0 radical (unpaired) electrons. The summed E-state index contributed by atoms with van der Waals surface area (Å²) in [4.78, 5) is 33.6. The summed E-state index contributed by atoms with van der Waals surface area (Å²) in [6, 6.07) is 8.09. The number of anilines is 1. The fourth-order valence-corrected chi connectivity index (χ4v) is 2.61. The maximum absolute atomic E-state index is 12.7. The smallest absolute Gasteiger partial charge is 0.275 e. The molecule has 2 N–H and O–H groups in total. The zero-order valence-electron chi connectivity index (χ0n) is 13.2. The van der Waals surface area contributed by atoms with Gasteiger partial charge < -0.3 is 5.32 Å². The van der Waals surface area contributed by atoms with Crippen molar-refractivity contribution in [1.82, 2.24) is 29.4 Å². The van der Waals surface area contributed by atoms with Crippen molar-refractivity contribution in [2.24, 2.45) is 0 Å². The molecular formula is C16H13N7O2. The van der Waals surface area contributed by atoms with Gasteiger partial charge in [0.15, 0.2) is 5.65 Å². The number of carbonyl (C=O) groups is 1. The van der Waals surface area contributed by atoms with Crippen LogP contribution in [0.3, 0.4) is 0 Å². The second-order valence-corrected chi connectivity index (χ2v) is 5.38. The second kappa shape index (κ2) is 5.71. The highest BCUT2D eigenvalue weighted by Crippen LogP contribution is 2.15. The molecule has 9 nitrogen and oxygen atoms in total. The second-order valence-electron chi connectivity index (χ2n) is 5.38. The van der Waals surface area contributed by atoms with E-state index in [0.29, 0.717) is 22.8 Å². The van der Waals surface area contributed by atoms with Crippen LogP contribution in [0.25, 0.3) is 11.3 Å². The van der Waals surface area contributed by atoms with E-state index < -0.39 is 5.91 Å². The molecule has 0 spiro atoms. The third kappa shape index (κ3) is 2.57. The van der Waals surface area contributed by atoms with Crippen molar-refractivity contribution in [2.75, 3.05) is 5.32 Å². The quantitative estimate of drug-likeness (QED) is 0.584. The third-order valence-corrected chi connectivity index (χ3v) is 3.62. The minimum atomic E-state index is -0.407. The first-order valence-electron chi connectivity index (χ1n) is 7.47. The van der Waals surface area contributed by atoms with E-state index in [0.717, 1.165) is 0 Å². The molecule has 4 heterocycles. The number of amides is 1. The molecule has 0 atom stereocenters. The van der Waals surface area contributed by atoms with Crippen molar-refractivity contribution in [3.63, 3.8) is 0 Å². The van der Waals surface area contributed by atoms with Crippen LogP contribution in [0.15, 0.2) is 53.7 Å². The molecule has 0 saturated carbocycles. The molecule has 0 unspecified atom stereocenters. The zero-order valence-corrected chi connectivity index (χ0v) is 13.2. The van der Waals surface area contributed by atoms with E-state index in [4.69, 9.17) is 0 Å². The van der Waals surface area contributed by atoms with Crippen molar-refractivity contribution in [2.45, 2.75) is 6.92 Å². The predicted molar refractivity (Wildman–Crippen MR) is 89.9 cm³/mol. The molecule has 1 amide bonds. The monoisotopic (exact) mass is 335 g/mol. The summed E-state index contributed by atoms with van der Waals surface area (Å²) in [6.45, 7) is 1.73. The number of rotatable bonds is 3. The van der Waals surface area contributed by atoms with Gasteiger partial charge in [0.05, 0.1) is 18.1 Å². The minimum absolute atomic E-state index is 0.248. The first-order valence-corrected chi connectivity index (χ1v) is 7.47. The van der Waals surface area contributed by atoms with E-state index in [-0.39, 0.29) is 11.3 Å². The normalized spacial score (nSPS) is 10.9. The van der Waals surface area contributed by atoms with E-state index in [9.17, 15) is 9.59 Å². The van der Waals surface area contributed by atoms with Crippen molar-refractivity contribution in [1.29, 1.82) is 0 Å². The number of hydrogen-bond donors (Lipinski definition) is 2. The molecule has 124 valence electrons. The van der Waals surface area contributed by atoms with Crippen LogP contribution in [0, 0.1) is 6.92 Å². The summed E-state index contributed by atoms with van der Waals surface area (Å²) in [7, 11) is 0. The number of hydrogen-bond acceptors (Lipinski definition) is 5. The number of carbonyl (C=O) groups excluding carboxylic acids is 1. The molecule has 0 aromatic carbocycles. The number of fused-ring (bicyclic) bond motifs is 1. The largest absolute Gasteiger partial charge is 0.306 e. The number of nitrogens with one attached hydrogen (secondary N) is 2. The topological polar surface area (TPSA) is 110 Å². The van der Waals surface area contributed by atoms with Gasteiger partial charge >= 0.3 is 0 Å². The molecular weight excluding hydrogens is 322 g/mol. The van der Waals surface area contributed by atoms with E-state index in [1.807, 2.05) is 0 Å². The molecule has 0 bridgehead atoms. The molecule has 0 aliphatic rings. The van der Waals surface area contributed by atoms with Crippen molar-refractivity contribution in [3.05, 3.63) is 70.7 Å². The van der Waals surface area contributed by atoms with Crippen molar-refractivity contribution < 1.29 is 4.79 Å². The summed E-state index contributed by atoms with van der Waals surface area (Å²) in [6.07, 6.45) is 4.71. The summed E-state index contributed by atoms with van der Waals surface area (Å²) in [5, 5.41) is 9.16. The van der Waals surface area contributed by atoms with E-state index in [1.54, 1.807) is 43.6 Å². The van der Waals surface area contributed by atoms with Crippen LogP contribution >= 0.6 is 0 Å². The lowest BCUT2D eigenvalue weighted by Gasteiger charge is -2.10. The van der Waals surface area contributed by atoms with Gasteiger partial charge in [-0.05, 0) is 19.1 Å². The molecule has 25 heavy (non-hydrogen) atoms. The predicted octanol–water partition coefficient (Wildman–Crippen LogP) is 1.16. The van der Waals surface area contributed by atoms with Crippen LogP contribution in [-0.2, 0) is 0 Å². The summed E-state index contributed by atoms with van der Waals surface area (Å²) >= 11 is 0. The molecule has 0 aliphatic carbocycles. The summed E-state index contributed by atoms with van der Waals surface area (Å²) in [5.41, 5.74) is 1.49. The van der Waals surface area contributed by atoms with Crippen molar-refractivity contribution >= 4 is 17.4 Å². The lowest BCUT2D eigenvalue weighted by molar-refractivity contribution is 0.101. The van der Waals surface area contributed by atoms with Gasteiger partial charge in [0.1, 0.15) is 11.5 Å². The number of H-pyrrole nitrogens is 1. The minimum Gasteiger partial charge on any atom is -0.306 e. The lowest BCUT2D eigenvalue weighted by atomic mass is 10.3. The van der Waals surface area contributed by atoms with Crippen LogP contribution in [0.1, 0.15) is 16.2 Å². The average Bonchev–Trinajstić information content (AvgIpc) is 3.23. The Balaban J connectivity index is 1.95. The fourth-order valence-electron chi connectivity index (χ4n) is 2.61. The Morgan fingerprint density at radius 3 is 2.84 bits per heavy atom. The highest BCUT2D eigenvalue weighted by atomic mass is 16.2.